The van der Waals surface area contributed by atoms with E-state index in [-0.39, 0.29) is 29.4 Å². The van der Waals surface area contributed by atoms with Crippen molar-refractivity contribution in [1.82, 2.24) is 10.0 Å². The number of benzene rings is 1. The molecule has 11 heteroatoms. The Morgan fingerprint density at radius 1 is 1.35 bits per heavy atom. The Morgan fingerprint density at radius 3 is 2.50 bits per heavy atom. The molecule has 0 bridgehead atoms. The number of primary amides is 1. The molecular formula is C9H13N5O5S. The number of nitrogens with zero attached hydrogens (tertiary/aromatic N) is 1. The third-order valence-corrected chi connectivity index (χ3v) is 3.68. The van der Waals surface area contributed by atoms with E-state index >= 15 is 0 Å². The van der Waals surface area contributed by atoms with E-state index in [1.165, 1.54) is 0 Å². The predicted molar refractivity (Wildman–Crippen MR) is 70.3 cm³/mol. The number of urea groups is 1. The van der Waals surface area contributed by atoms with Gasteiger partial charge in [-0.2, -0.15) is 0 Å². The van der Waals surface area contributed by atoms with Crippen LogP contribution in [0.15, 0.2) is 23.1 Å². The number of rotatable bonds is 6. The molecule has 1 rings (SSSR count). The Bertz CT molecular complexity index is 630. The largest absolute Gasteiger partial charge is 0.393 e. The van der Waals surface area contributed by atoms with Gasteiger partial charge in [0.15, 0.2) is 0 Å². The Balaban J connectivity index is 2.80. The van der Waals surface area contributed by atoms with Gasteiger partial charge in [-0.25, -0.2) is 17.9 Å². The van der Waals surface area contributed by atoms with Gasteiger partial charge in [-0.1, -0.05) is 0 Å². The lowest BCUT2D eigenvalue weighted by Crippen LogP contribution is -2.37. The van der Waals surface area contributed by atoms with Gasteiger partial charge >= 0.3 is 6.03 Å². The first-order valence-corrected chi connectivity index (χ1v) is 6.79. The number of carbonyl (C=O) groups is 1. The van der Waals surface area contributed by atoms with Gasteiger partial charge in [0, 0.05) is 19.2 Å². The van der Waals surface area contributed by atoms with E-state index in [1.807, 2.05) is 0 Å². The summed E-state index contributed by atoms with van der Waals surface area (Å²) in [4.78, 5) is 20.0. The lowest BCUT2D eigenvalue weighted by molar-refractivity contribution is -0.383. The maximum Gasteiger partial charge on any atom is 0.312 e. The van der Waals surface area contributed by atoms with Crippen molar-refractivity contribution in [1.29, 1.82) is 0 Å². The predicted octanol–water partition coefficient (Wildman–Crippen LogP) is -0.876. The van der Waals surface area contributed by atoms with Crippen molar-refractivity contribution in [3.63, 3.8) is 0 Å². The molecule has 0 heterocycles. The van der Waals surface area contributed by atoms with Crippen LogP contribution in [0.1, 0.15) is 0 Å². The van der Waals surface area contributed by atoms with Crippen LogP contribution in [-0.4, -0.2) is 32.5 Å². The average Bonchev–Trinajstić information content (AvgIpc) is 2.34. The first-order valence-electron chi connectivity index (χ1n) is 5.31. The van der Waals surface area contributed by atoms with Crippen LogP contribution in [0.2, 0.25) is 0 Å². The lowest BCUT2D eigenvalue weighted by atomic mass is 10.3. The highest BCUT2D eigenvalue weighted by Gasteiger charge is 2.18. The first-order chi connectivity index (χ1) is 9.24. The first kappa shape index (κ1) is 15.7. The fourth-order valence-corrected chi connectivity index (χ4v) is 2.39. The summed E-state index contributed by atoms with van der Waals surface area (Å²) < 4.78 is 25.8. The topological polar surface area (TPSA) is 170 Å². The number of nitrogens with two attached hydrogens (primary N) is 2. The number of anilines is 1. The van der Waals surface area contributed by atoms with Crippen LogP contribution in [0.4, 0.5) is 16.2 Å². The van der Waals surface area contributed by atoms with Gasteiger partial charge in [0.05, 0.1) is 9.82 Å². The van der Waals surface area contributed by atoms with Crippen molar-refractivity contribution in [3.05, 3.63) is 28.3 Å². The summed E-state index contributed by atoms with van der Waals surface area (Å²) in [6.45, 7) is -0.0702. The van der Waals surface area contributed by atoms with Gasteiger partial charge in [-0.05, 0) is 12.1 Å². The molecule has 20 heavy (non-hydrogen) atoms. The number of carbonyl (C=O) groups excluding carboxylic acids is 1. The third kappa shape index (κ3) is 4.07. The van der Waals surface area contributed by atoms with E-state index in [2.05, 4.69) is 10.0 Å². The molecule has 2 amide bonds. The molecule has 0 atom stereocenters. The van der Waals surface area contributed by atoms with Gasteiger partial charge < -0.3 is 16.8 Å². The van der Waals surface area contributed by atoms with E-state index in [9.17, 15) is 23.3 Å². The van der Waals surface area contributed by atoms with E-state index in [0.29, 0.717) is 0 Å². The third-order valence-electron chi connectivity index (χ3n) is 2.22. The summed E-state index contributed by atoms with van der Waals surface area (Å²) in [5, 5.41) is 12.8. The average molecular weight is 303 g/mol. The van der Waals surface area contributed by atoms with E-state index in [0.717, 1.165) is 18.2 Å². The van der Waals surface area contributed by atoms with Crippen LogP contribution in [-0.2, 0) is 10.0 Å². The van der Waals surface area contributed by atoms with Crippen LogP contribution in [0.25, 0.3) is 0 Å². The Labute approximate surface area is 114 Å². The molecule has 0 saturated carbocycles. The fourth-order valence-electron chi connectivity index (χ4n) is 1.32. The number of nitrogens with one attached hydrogen (secondary N) is 2. The summed E-state index contributed by atoms with van der Waals surface area (Å²) in [6, 6.07) is 2.29. The molecule has 110 valence electrons. The molecule has 1 aromatic carbocycles. The van der Waals surface area contributed by atoms with Crippen LogP contribution < -0.4 is 21.5 Å². The van der Waals surface area contributed by atoms with Crippen molar-refractivity contribution in [2.24, 2.45) is 5.73 Å². The van der Waals surface area contributed by atoms with E-state index in [4.69, 9.17) is 11.5 Å². The highest BCUT2D eigenvalue weighted by molar-refractivity contribution is 7.89. The van der Waals surface area contributed by atoms with Gasteiger partial charge in [-0.3, -0.25) is 10.1 Å². The second-order valence-corrected chi connectivity index (χ2v) is 5.43. The quantitative estimate of drug-likeness (QED) is 0.230. The molecular weight excluding hydrogens is 290 g/mol. The molecule has 6 N–H and O–H groups in total. The Kier molecular flexibility index (Phi) is 4.83. The molecule has 1 aromatic rings. The summed E-state index contributed by atoms with van der Waals surface area (Å²) in [6.07, 6.45) is 0. The Morgan fingerprint density at radius 2 is 2.00 bits per heavy atom. The van der Waals surface area contributed by atoms with E-state index in [1.54, 1.807) is 0 Å². The summed E-state index contributed by atoms with van der Waals surface area (Å²) >= 11 is 0. The summed E-state index contributed by atoms with van der Waals surface area (Å²) in [7, 11) is -3.87. The number of hydrogen-bond donors (Lipinski definition) is 4. The molecule has 0 aliphatic heterocycles. The maximum absolute atomic E-state index is 11.8. The molecule has 0 saturated heterocycles. The molecule has 0 aliphatic rings. The van der Waals surface area contributed by atoms with Crippen molar-refractivity contribution in [3.8, 4) is 0 Å². The van der Waals surface area contributed by atoms with Crippen LogP contribution in [0.5, 0.6) is 0 Å². The summed E-state index contributed by atoms with van der Waals surface area (Å²) in [5.74, 6) is 0. The monoisotopic (exact) mass is 303 g/mol. The minimum atomic E-state index is -3.87. The van der Waals surface area contributed by atoms with Crippen molar-refractivity contribution >= 4 is 27.4 Å². The SMILES string of the molecule is NC(=O)NCCNS(=O)(=O)c1ccc([N+](=O)[O-])c(N)c1. The maximum atomic E-state index is 11.8. The number of nitro groups is 1. The van der Waals surface area contributed by atoms with Gasteiger partial charge in [0.1, 0.15) is 5.69 Å². The molecule has 10 nitrogen and oxygen atoms in total. The second kappa shape index (κ2) is 6.16. The van der Waals surface area contributed by atoms with Crippen molar-refractivity contribution < 1.29 is 18.1 Å². The molecule has 0 unspecified atom stereocenters. The van der Waals surface area contributed by atoms with Crippen LogP contribution >= 0.6 is 0 Å². The van der Waals surface area contributed by atoms with Gasteiger partial charge in [-0.15, -0.1) is 0 Å². The van der Waals surface area contributed by atoms with Gasteiger partial charge in [0.25, 0.3) is 5.69 Å². The standard InChI is InChI=1S/C9H13N5O5S/c10-7-5-6(1-2-8(7)14(16)17)20(18,19)13-4-3-12-9(11)15/h1-2,5,13H,3-4,10H2,(H3,11,12,15). The highest BCUT2D eigenvalue weighted by Crippen LogP contribution is 2.24. The molecule has 0 aromatic heterocycles. The zero-order valence-corrected chi connectivity index (χ0v) is 11.0. The van der Waals surface area contributed by atoms with Crippen molar-refractivity contribution in [2.75, 3.05) is 18.8 Å². The molecule has 0 fully saturated rings. The van der Waals surface area contributed by atoms with Crippen molar-refractivity contribution in [2.45, 2.75) is 4.90 Å². The number of nitro benzene ring substituents is 1. The van der Waals surface area contributed by atoms with Crippen LogP contribution in [0.3, 0.4) is 0 Å². The number of hydrogen-bond acceptors (Lipinski definition) is 6. The zero-order valence-electron chi connectivity index (χ0n) is 10.2. The minimum Gasteiger partial charge on any atom is -0.393 e. The Hall–Kier alpha value is -2.40. The molecule has 0 aliphatic carbocycles. The highest BCUT2D eigenvalue weighted by atomic mass is 32.2. The number of sulfonamides is 1. The normalized spacial score (nSPS) is 11.0. The smallest absolute Gasteiger partial charge is 0.312 e. The fraction of sp³-hybridized carbons (Fsp3) is 0.222. The zero-order chi connectivity index (χ0) is 15.3. The number of amides is 2. The molecule has 0 spiro atoms. The minimum absolute atomic E-state index is 0.0109. The summed E-state index contributed by atoms with van der Waals surface area (Å²) in [5.41, 5.74) is 9.58. The van der Waals surface area contributed by atoms with Gasteiger partial charge in [0.2, 0.25) is 10.0 Å². The molecule has 0 radical (unpaired) electrons. The number of nitrogen functional groups attached to an aromatic ring is 1. The van der Waals surface area contributed by atoms with Crippen LogP contribution in [0, 0.1) is 10.1 Å². The lowest BCUT2D eigenvalue weighted by Gasteiger charge is -2.07. The second-order valence-electron chi connectivity index (χ2n) is 3.67. The van der Waals surface area contributed by atoms with E-state index < -0.39 is 21.0 Å².